The molecule has 2 N–H and O–H groups in total. The SMILES string of the molecule is Cc1ncc(NC(=O)c2cccc(C(F)F)c2)cc1-c1cnc(NC2CCOCC2)c(C#N)c1. The fourth-order valence-electron chi connectivity index (χ4n) is 3.76. The summed E-state index contributed by atoms with van der Waals surface area (Å²) in [6, 6.07) is 11.2. The molecule has 2 aromatic heterocycles. The van der Waals surface area contributed by atoms with Crippen molar-refractivity contribution in [1.82, 2.24) is 9.97 Å². The third kappa shape index (κ3) is 5.35. The van der Waals surface area contributed by atoms with Gasteiger partial charge < -0.3 is 15.4 Å². The van der Waals surface area contributed by atoms with Crippen molar-refractivity contribution in [3.05, 3.63) is 71.2 Å². The summed E-state index contributed by atoms with van der Waals surface area (Å²) < 4.78 is 31.3. The van der Waals surface area contributed by atoms with Gasteiger partial charge in [-0.25, -0.2) is 13.8 Å². The van der Waals surface area contributed by atoms with Crippen LogP contribution in [-0.2, 0) is 4.74 Å². The first-order valence-electron chi connectivity index (χ1n) is 10.9. The Morgan fingerprint density at radius 1 is 1.18 bits per heavy atom. The molecule has 3 aromatic rings. The number of nitrogens with zero attached hydrogens (tertiary/aromatic N) is 3. The summed E-state index contributed by atoms with van der Waals surface area (Å²) >= 11 is 0. The zero-order valence-electron chi connectivity index (χ0n) is 18.5. The van der Waals surface area contributed by atoms with Crippen LogP contribution in [0.3, 0.4) is 0 Å². The molecule has 1 aliphatic rings. The van der Waals surface area contributed by atoms with Crippen LogP contribution in [0.5, 0.6) is 0 Å². The van der Waals surface area contributed by atoms with E-state index in [-0.39, 0.29) is 17.2 Å². The molecule has 0 bridgehead atoms. The number of nitrogens with one attached hydrogen (secondary N) is 2. The Morgan fingerprint density at radius 2 is 1.97 bits per heavy atom. The van der Waals surface area contributed by atoms with Gasteiger partial charge >= 0.3 is 0 Å². The van der Waals surface area contributed by atoms with Crippen LogP contribution in [0.25, 0.3) is 11.1 Å². The van der Waals surface area contributed by atoms with Gasteiger partial charge in [0.1, 0.15) is 11.9 Å². The fourth-order valence-corrected chi connectivity index (χ4v) is 3.76. The Labute approximate surface area is 195 Å². The Bertz CT molecular complexity index is 1240. The van der Waals surface area contributed by atoms with Crippen LogP contribution in [0.4, 0.5) is 20.3 Å². The molecule has 0 saturated carbocycles. The highest BCUT2D eigenvalue weighted by Gasteiger charge is 2.17. The number of pyridine rings is 2. The Balaban J connectivity index is 1.56. The average Bonchev–Trinajstić information content (AvgIpc) is 2.86. The number of rotatable bonds is 6. The van der Waals surface area contributed by atoms with Crippen LogP contribution in [-0.4, -0.2) is 35.1 Å². The number of carbonyl (C=O) groups is 1. The van der Waals surface area contributed by atoms with E-state index in [0.717, 1.165) is 18.9 Å². The zero-order valence-corrected chi connectivity index (χ0v) is 18.5. The standard InChI is InChI=1S/C25H23F2N5O2/c1-15-22(19-10-18(12-28)24(30-13-19)31-20-5-7-34-8-6-20)11-21(14-29-15)32-25(33)17-4-2-3-16(9-17)23(26)27/h2-4,9-11,13-14,20,23H,5-8H2,1H3,(H,30,31)(H,32,33). The van der Waals surface area contributed by atoms with Crippen molar-refractivity contribution in [2.75, 3.05) is 23.8 Å². The molecule has 0 spiro atoms. The van der Waals surface area contributed by atoms with Gasteiger partial charge in [-0.05, 0) is 44.0 Å². The van der Waals surface area contributed by atoms with Gasteiger partial charge in [-0.15, -0.1) is 0 Å². The van der Waals surface area contributed by atoms with E-state index in [2.05, 4.69) is 26.7 Å². The maximum Gasteiger partial charge on any atom is 0.263 e. The number of anilines is 2. The van der Waals surface area contributed by atoms with Crippen LogP contribution in [0.15, 0.2) is 48.8 Å². The van der Waals surface area contributed by atoms with Crippen molar-refractivity contribution in [3.63, 3.8) is 0 Å². The highest BCUT2D eigenvalue weighted by molar-refractivity contribution is 6.04. The van der Waals surface area contributed by atoms with Crippen LogP contribution >= 0.6 is 0 Å². The van der Waals surface area contributed by atoms with Crippen LogP contribution < -0.4 is 10.6 Å². The average molecular weight is 463 g/mol. The Hall–Kier alpha value is -3.90. The molecule has 1 amide bonds. The zero-order chi connectivity index (χ0) is 24.1. The van der Waals surface area contributed by atoms with E-state index in [1.165, 1.54) is 24.4 Å². The highest BCUT2D eigenvalue weighted by atomic mass is 19.3. The first-order valence-corrected chi connectivity index (χ1v) is 10.9. The summed E-state index contributed by atoms with van der Waals surface area (Å²) in [4.78, 5) is 21.4. The van der Waals surface area contributed by atoms with Crippen molar-refractivity contribution in [3.8, 4) is 17.2 Å². The molecule has 4 rings (SSSR count). The molecular weight excluding hydrogens is 440 g/mol. The predicted octanol–water partition coefficient (Wildman–Crippen LogP) is 5.10. The van der Waals surface area contributed by atoms with Gasteiger partial charge in [0.2, 0.25) is 0 Å². The molecule has 34 heavy (non-hydrogen) atoms. The molecule has 0 unspecified atom stereocenters. The second-order valence-electron chi connectivity index (χ2n) is 8.00. The second-order valence-corrected chi connectivity index (χ2v) is 8.00. The smallest absolute Gasteiger partial charge is 0.263 e. The number of aromatic nitrogens is 2. The molecular formula is C25H23F2N5O2. The number of amides is 1. The van der Waals surface area contributed by atoms with E-state index in [9.17, 15) is 18.8 Å². The third-order valence-corrected chi connectivity index (χ3v) is 5.63. The number of ether oxygens (including phenoxy) is 1. The number of aryl methyl sites for hydroxylation is 1. The molecule has 0 aliphatic carbocycles. The molecule has 9 heteroatoms. The van der Waals surface area contributed by atoms with Gasteiger partial charge in [0, 0.05) is 53.4 Å². The van der Waals surface area contributed by atoms with Crippen molar-refractivity contribution < 1.29 is 18.3 Å². The maximum absolute atomic E-state index is 13.0. The Kier molecular flexibility index (Phi) is 7.09. The number of hydrogen-bond acceptors (Lipinski definition) is 6. The molecule has 1 aliphatic heterocycles. The molecule has 7 nitrogen and oxygen atoms in total. The van der Waals surface area contributed by atoms with E-state index < -0.39 is 12.3 Å². The first kappa shape index (κ1) is 23.3. The number of alkyl halides is 2. The molecule has 0 atom stereocenters. The molecule has 0 radical (unpaired) electrons. The largest absolute Gasteiger partial charge is 0.381 e. The predicted molar refractivity (Wildman–Crippen MR) is 124 cm³/mol. The van der Waals surface area contributed by atoms with E-state index >= 15 is 0 Å². The monoisotopic (exact) mass is 463 g/mol. The lowest BCUT2D eigenvalue weighted by Crippen LogP contribution is -2.28. The number of carbonyl (C=O) groups excluding carboxylic acids is 1. The van der Waals surface area contributed by atoms with Gasteiger partial charge in [-0.3, -0.25) is 9.78 Å². The van der Waals surface area contributed by atoms with E-state index in [1.807, 2.05) is 6.92 Å². The van der Waals surface area contributed by atoms with E-state index in [4.69, 9.17) is 4.74 Å². The van der Waals surface area contributed by atoms with Crippen molar-refractivity contribution in [2.24, 2.45) is 0 Å². The minimum atomic E-state index is -2.66. The van der Waals surface area contributed by atoms with Crippen molar-refractivity contribution in [1.29, 1.82) is 5.26 Å². The van der Waals surface area contributed by atoms with Crippen LogP contribution in [0.1, 0.15) is 46.4 Å². The maximum atomic E-state index is 13.0. The lowest BCUT2D eigenvalue weighted by Gasteiger charge is -2.24. The highest BCUT2D eigenvalue weighted by Crippen LogP contribution is 2.28. The number of hydrogen-bond donors (Lipinski definition) is 2. The van der Waals surface area contributed by atoms with E-state index in [0.29, 0.717) is 47.1 Å². The summed E-state index contributed by atoms with van der Waals surface area (Å²) in [5.41, 5.74) is 2.76. The summed E-state index contributed by atoms with van der Waals surface area (Å²) in [6.07, 6.45) is 2.18. The van der Waals surface area contributed by atoms with Gasteiger partial charge in [-0.1, -0.05) is 12.1 Å². The summed E-state index contributed by atoms with van der Waals surface area (Å²) in [6.45, 7) is 3.16. The minimum absolute atomic E-state index is 0.122. The van der Waals surface area contributed by atoms with Gasteiger partial charge in [-0.2, -0.15) is 5.26 Å². The van der Waals surface area contributed by atoms with Crippen molar-refractivity contribution >= 4 is 17.4 Å². The summed E-state index contributed by atoms with van der Waals surface area (Å²) in [7, 11) is 0. The van der Waals surface area contributed by atoms with Crippen LogP contribution in [0, 0.1) is 18.3 Å². The molecule has 3 heterocycles. The van der Waals surface area contributed by atoms with Crippen LogP contribution in [0.2, 0.25) is 0 Å². The lowest BCUT2D eigenvalue weighted by atomic mass is 10.0. The molecule has 1 saturated heterocycles. The van der Waals surface area contributed by atoms with E-state index in [1.54, 1.807) is 18.3 Å². The topological polar surface area (TPSA) is 99.9 Å². The minimum Gasteiger partial charge on any atom is -0.381 e. The molecule has 174 valence electrons. The number of benzene rings is 1. The van der Waals surface area contributed by atoms with Crippen molar-refractivity contribution in [2.45, 2.75) is 32.2 Å². The molecule has 1 fully saturated rings. The van der Waals surface area contributed by atoms with Gasteiger partial charge in [0.25, 0.3) is 12.3 Å². The van der Waals surface area contributed by atoms with Gasteiger partial charge in [0.05, 0.1) is 17.4 Å². The fraction of sp³-hybridized carbons (Fsp3) is 0.280. The first-order chi connectivity index (χ1) is 16.4. The Morgan fingerprint density at radius 3 is 2.71 bits per heavy atom. The summed E-state index contributed by atoms with van der Waals surface area (Å²) in [5, 5.41) is 15.7. The quantitative estimate of drug-likeness (QED) is 0.527. The van der Waals surface area contributed by atoms with Gasteiger partial charge in [0.15, 0.2) is 0 Å². The molecule has 1 aromatic carbocycles. The number of halogens is 2. The lowest BCUT2D eigenvalue weighted by molar-refractivity contribution is 0.0903. The normalized spacial score (nSPS) is 14.0. The summed E-state index contributed by atoms with van der Waals surface area (Å²) in [5.74, 6) is -0.00178. The number of nitriles is 1. The third-order valence-electron chi connectivity index (χ3n) is 5.63. The second kappa shape index (κ2) is 10.4.